The van der Waals surface area contributed by atoms with Crippen LogP contribution >= 0.6 is 11.6 Å². The third-order valence-electron chi connectivity index (χ3n) is 2.34. The Kier molecular flexibility index (Phi) is 3.77. The highest BCUT2D eigenvalue weighted by Crippen LogP contribution is 2.25. The Morgan fingerprint density at radius 3 is 2.63 bits per heavy atom. The molecule has 0 fully saturated rings. The van der Waals surface area contributed by atoms with E-state index in [1.165, 1.54) is 24.4 Å². The van der Waals surface area contributed by atoms with Gasteiger partial charge in [-0.1, -0.05) is 11.6 Å². The molecule has 0 radical (unpaired) electrons. The molecular formula is C13H9ClN2O3. The molecule has 2 rings (SSSR count). The van der Waals surface area contributed by atoms with Crippen LogP contribution in [-0.4, -0.2) is 17.2 Å². The summed E-state index contributed by atoms with van der Waals surface area (Å²) in [7, 11) is 0. The van der Waals surface area contributed by atoms with E-state index in [1.807, 2.05) is 0 Å². The van der Waals surface area contributed by atoms with Crippen molar-refractivity contribution in [3.8, 4) is 11.6 Å². The van der Waals surface area contributed by atoms with Gasteiger partial charge in [-0.15, -0.1) is 0 Å². The second-order valence-electron chi connectivity index (χ2n) is 3.65. The first-order chi connectivity index (χ1) is 9.10. The molecule has 2 aromatic rings. The summed E-state index contributed by atoms with van der Waals surface area (Å²) in [5.41, 5.74) is 5.77. The van der Waals surface area contributed by atoms with E-state index in [9.17, 15) is 9.59 Å². The van der Waals surface area contributed by atoms with Crippen molar-refractivity contribution in [1.29, 1.82) is 0 Å². The Morgan fingerprint density at radius 2 is 2.11 bits per heavy atom. The summed E-state index contributed by atoms with van der Waals surface area (Å²) in [5, 5.41) is 0.293. The Bertz CT molecular complexity index is 626. The third-order valence-corrected chi connectivity index (χ3v) is 2.67. The molecule has 5 nitrogen and oxygen atoms in total. The van der Waals surface area contributed by atoms with Crippen LogP contribution in [0.15, 0.2) is 36.5 Å². The smallest absolute Gasteiger partial charge is 0.250 e. The molecule has 19 heavy (non-hydrogen) atoms. The molecule has 0 atom stereocenters. The number of primary amides is 1. The Labute approximate surface area is 114 Å². The number of rotatable bonds is 4. The average molecular weight is 277 g/mol. The van der Waals surface area contributed by atoms with Crippen LogP contribution in [0.4, 0.5) is 0 Å². The van der Waals surface area contributed by atoms with Crippen molar-refractivity contribution in [2.24, 2.45) is 5.73 Å². The average Bonchev–Trinajstić information content (AvgIpc) is 2.39. The maximum atomic E-state index is 10.9. The summed E-state index contributed by atoms with van der Waals surface area (Å²) < 4.78 is 5.43. The molecule has 1 amide bonds. The van der Waals surface area contributed by atoms with Gasteiger partial charge in [-0.2, -0.15) is 0 Å². The molecule has 0 saturated carbocycles. The van der Waals surface area contributed by atoms with Crippen LogP contribution < -0.4 is 10.5 Å². The fourth-order valence-electron chi connectivity index (χ4n) is 1.37. The first kappa shape index (κ1) is 13.0. The number of carbonyl (C=O) groups is 2. The highest BCUT2D eigenvalue weighted by molar-refractivity contribution is 6.33. The van der Waals surface area contributed by atoms with Crippen LogP contribution in [-0.2, 0) is 0 Å². The normalized spacial score (nSPS) is 9.95. The summed E-state index contributed by atoms with van der Waals surface area (Å²) >= 11 is 5.87. The zero-order valence-electron chi connectivity index (χ0n) is 9.67. The van der Waals surface area contributed by atoms with Crippen molar-refractivity contribution >= 4 is 23.8 Å². The molecule has 1 aromatic heterocycles. The highest BCUT2D eigenvalue weighted by Gasteiger charge is 2.05. The van der Waals surface area contributed by atoms with Crippen LogP contribution in [0.25, 0.3) is 0 Å². The van der Waals surface area contributed by atoms with Gasteiger partial charge in [-0.25, -0.2) is 4.98 Å². The number of carbonyl (C=O) groups excluding carboxylic acids is 2. The largest absolute Gasteiger partial charge is 0.439 e. The van der Waals surface area contributed by atoms with Gasteiger partial charge in [0.05, 0.1) is 10.6 Å². The lowest BCUT2D eigenvalue weighted by atomic mass is 10.2. The van der Waals surface area contributed by atoms with Crippen LogP contribution in [0, 0.1) is 0 Å². The summed E-state index contributed by atoms with van der Waals surface area (Å²) in [6.07, 6.45) is 1.98. The second kappa shape index (κ2) is 5.49. The van der Waals surface area contributed by atoms with E-state index in [0.29, 0.717) is 34.1 Å². The molecule has 1 aromatic carbocycles. The molecule has 0 aliphatic heterocycles. The molecule has 0 saturated heterocycles. The van der Waals surface area contributed by atoms with Crippen molar-refractivity contribution in [1.82, 2.24) is 4.98 Å². The lowest BCUT2D eigenvalue weighted by molar-refractivity contribution is 0.0999. The number of hydrogen-bond acceptors (Lipinski definition) is 4. The predicted molar refractivity (Wildman–Crippen MR) is 69.7 cm³/mol. The number of pyridine rings is 1. The van der Waals surface area contributed by atoms with Crippen LogP contribution in [0.5, 0.6) is 11.6 Å². The summed E-state index contributed by atoms with van der Waals surface area (Å²) in [5.74, 6) is 0.173. The zero-order valence-corrected chi connectivity index (χ0v) is 10.4. The maximum Gasteiger partial charge on any atom is 0.250 e. The van der Waals surface area contributed by atoms with Crippen molar-refractivity contribution in [3.05, 3.63) is 52.7 Å². The summed E-state index contributed by atoms with van der Waals surface area (Å²) in [4.78, 5) is 25.4. The van der Waals surface area contributed by atoms with Gasteiger partial charge in [0.15, 0.2) is 6.29 Å². The van der Waals surface area contributed by atoms with E-state index >= 15 is 0 Å². The van der Waals surface area contributed by atoms with Gasteiger partial charge in [0.25, 0.3) is 0 Å². The topological polar surface area (TPSA) is 82.3 Å². The SMILES string of the molecule is NC(=O)c1ccc(Oc2ccc(C=O)c(Cl)c2)nc1. The van der Waals surface area contributed by atoms with Gasteiger partial charge in [-0.05, 0) is 18.2 Å². The Hall–Kier alpha value is -2.40. The molecule has 6 heteroatoms. The van der Waals surface area contributed by atoms with Crippen LogP contribution in [0.2, 0.25) is 5.02 Å². The van der Waals surface area contributed by atoms with Crippen molar-refractivity contribution in [2.75, 3.05) is 0 Å². The number of amides is 1. The second-order valence-corrected chi connectivity index (χ2v) is 4.06. The van der Waals surface area contributed by atoms with E-state index in [0.717, 1.165) is 0 Å². The predicted octanol–water partition coefficient (Wildman–Crippen LogP) is 2.44. The van der Waals surface area contributed by atoms with Gasteiger partial charge in [0, 0.05) is 23.9 Å². The molecule has 96 valence electrons. The Morgan fingerprint density at radius 1 is 1.32 bits per heavy atom. The van der Waals surface area contributed by atoms with Crippen molar-refractivity contribution in [3.63, 3.8) is 0 Å². The number of benzene rings is 1. The first-order valence-corrected chi connectivity index (χ1v) is 5.66. The minimum absolute atomic E-state index is 0.292. The van der Waals surface area contributed by atoms with Crippen molar-refractivity contribution in [2.45, 2.75) is 0 Å². The molecular weight excluding hydrogens is 268 g/mol. The number of halogens is 1. The molecule has 2 N–H and O–H groups in total. The number of nitrogens with zero attached hydrogens (tertiary/aromatic N) is 1. The molecule has 0 spiro atoms. The lowest BCUT2D eigenvalue weighted by Crippen LogP contribution is -2.10. The summed E-state index contributed by atoms with van der Waals surface area (Å²) in [6.45, 7) is 0. The molecule has 0 unspecified atom stereocenters. The van der Waals surface area contributed by atoms with E-state index in [-0.39, 0.29) is 0 Å². The fraction of sp³-hybridized carbons (Fsp3) is 0. The first-order valence-electron chi connectivity index (χ1n) is 5.28. The van der Waals surface area contributed by atoms with Gasteiger partial charge >= 0.3 is 0 Å². The van der Waals surface area contributed by atoms with E-state index in [1.54, 1.807) is 12.1 Å². The number of hydrogen-bond donors (Lipinski definition) is 1. The number of nitrogens with two attached hydrogens (primary N) is 1. The third kappa shape index (κ3) is 3.08. The van der Waals surface area contributed by atoms with Crippen LogP contribution in [0.1, 0.15) is 20.7 Å². The van der Waals surface area contributed by atoms with E-state index < -0.39 is 5.91 Å². The van der Waals surface area contributed by atoms with Gasteiger partial charge < -0.3 is 10.5 Å². The minimum atomic E-state index is -0.558. The van der Waals surface area contributed by atoms with Gasteiger partial charge in [-0.3, -0.25) is 9.59 Å². The van der Waals surface area contributed by atoms with Gasteiger partial charge in [0.2, 0.25) is 11.8 Å². The van der Waals surface area contributed by atoms with Crippen molar-refractivity contribution < 1.29 is 14.3 Å². The monoisotopic (exact) mass is 276 g/mol. The molecule has 0 bridgehead atoms. The van der Waals surface area contributed by atoms with Crippen LogP contribution in [0.3, 0.4) is 0 Å². The molecule has 1 heterocycles. The van der Waals surface area contributed by atoms with E-state index in [4.69, 9.17) is 22.1 Å². The van der Waals surface area contributed by atoms with E-state index in [2.05, 4.69) is 4.98 Å². The number of aldehydes is 1. The fourth-order valence-corrected chi connectivity index (χ4v) is 1.59. The molecule has 0 aliphatic carbocycles. The number of aromatic nitrogens is 1. The summed E-state index contributed by atoms with van der Waals surface area (Å²) in [6, 6.07) is 7.67. The van der Waals surface area contributed by atoms with Gasteiger partial charge in [0.1, 0.15) is 5.75 Å². The Balaban J connectivity index is 2.19. The zero-order chi connectivity index (χ0) is 13.8. The quantitative estimate of drug-likeness (QED) is 0.870. The standard InChI is InChI=1S/C13H9ClN2O3/c14-11-5-10(3-1-9(11)7-17)19-12-4-2-8(6-16-12)13(15)18/h1-7H,(H2,15,18). The minimum Gasteiger partial charge on any atom is -0.439 e. The number of ether oxygens (including phenoxy) is 1. The molecule has 0 aliphatic rings. The highest BCUT2D eigenvalue weighted by atomic mass is 35.5. The lowest BCUT2D eigenvalue weighted by Gasteiger charge is -2.06. The maximum absolute atomic E-state index is 10.9.